The summed E-state index contributed by atoms with van der Waals surface area (Å²) < 4.78 is 13.2. The van der Waals surface area contributed by atoms with Crippen LogP contribution in [0.2, 0.25) is 0 Å². The van der Waals surface area contributed by atoms with Crippen LogP contribution in [0.3, 0.4) is 0 Å². The van der Waals surface area contributed by atoms with Crippen molar-refractivity contribution >= 4 is 11.4 Å². The largest absolute Gasteiger partial charge is 0.276 e. The molecule has 17 heavy (non-hydrogen) atoms. The number of benzene rings is 1. The Morgan fingerprint density at radius 3 is 2.59 bits per heavy atom. The fourth-order valence-electron chi connectivity index (χ4n) is 1.06. The smallest absolute Gasteiger partial charge is 0.237 e. The van der Waals surface area contributed by atoms with Gasteiger partial charge < -0.3 is 0 Å². The average Bonchev–Trinajstić information content (AvgIpc) is 2.34. The molecule has 1 N–H and O–H groups in total. The normalized spacial score (nSPS) is 8.35. The Balaban J connectivity index is 2.92. The first-order valence-electron chi connectivity index (χ1n) is 4.50. The van der Waals surface area contributed by atoms with Crippen molar-refractivity contribution < 1.29 is 4.39 Å². The van der Waals surface area contributed by atoms with Gasteiger partial charge in [0.15, 0.2) is 0 Å². The molecule has 0 aromatic heterocycles. The summed E-state index contributed by atoms with van der Waals surface area (Å²) in [5.41, 5.74) is 2.73. The molecule has 0 heterocycles. The van der Waals surface area contributed by atoms with Gasteiger partial charge in [0.05, 0.1) is 18.2 Å². The lowest BCUT2D eigenvalue weighted by molar-refractivity contribution is 0.615. The molecule has 0 saturated carbocycles. The molecular weight excluding hydrogens is 221 g/mol. The van der Waals surface area contributed by atoms with Gasteiger partial charge in [-0.1, -0.05) is 0 Å². The van der Waals surface area contributed by atoms with Crippen LogP contribution in [-0.4, -0.2) is 5.71 Å². The maximum atomic E-state index is 13.2. The Kier molecular flexibility index (Phi) is 4.18. The molecular formula is C11H6FN5. The first kappa shape index (κ1) is 12.2. The third-order valence-corrected chi connectivity index (χ3v) is 1.82. The first-order valence-corrected chi connectivity index (χ1v) is 4.50. The molecule has 1 aromatic carbocycles. The maximum Gasteiger partial charge on any atom is 0.237 e. The van der Waals surface area contributed by atoms with E-state index in [0.717, 1.165) is 0 Å². The topological polar surface area (TPSA) is 95.8 Å². The highest BCUT2D eigenvalue weighted by Gasteiger charge is 2.03. The summed E-state index contributed by atoms with van der Waals surface area (Å²) >= 11 is 0. The molecule has 5 nitrogen and oxygen atoms in total. The van der Waals surface area contributed by atoms with E-state index in [9.17, 15) is 4.39 Å². The van der Waals surface area contributed by atoms with E-state index in [1.807, 2.05) is 6.07 Å². The fourth-order valence-corrected chi connectivity index (χ4v) is 1.06. The molecule has 0 aliphatic carbocycles. The second-order valence-electron chi connectivity index (χ2n) is 2.94. The predicted octanol–water partition coefficient (Wildman–Crippen LogP) is 1.71. The van der Waals surface area contributed by atoms with Gasteiger partial charge in [-0.25, -0.2) is 4.39 Å². The molecule has 6 heteroatoms. The van der Waals surface area contributed by atoms with Crippen LogP contribution in [0.1, 0.15) is 5.56 Å². The van der Waals surface area contributed by atoms with Gasteiger partial charge in [-0.15, -0.1) is 0 Å². The van der Waals surface area contributed by atoms with Crippen LogP contribution >= 0.6 is 0 Å². The molecule has 0 saturated heterocycles. The van der Waals surface area contributed by atoms with E-state index < -0.39 is 5.82 Å². The Morgan fingerprint density at radius 2 is 2.00 bits per heavy atom. The molecule has 0 amide bonds. The van der Waals surface area contributed by atoms with Crippen LogP contribution < -0.4 is 5.43 Å². The van der Waals surface area contributed by atoms with Crippen molar-refractivity contribution in [3.05, 3.63) is 29.6 Å². The van der Waals surface area contributed by atoms with Gasteiger partial charge in [0.25, 0.3) is 0 Å². The third-order valence-electron chi connectivity index (χ3n) is 1.82. The van der Waals surface area contributed by atoms with E-state index in [0.29, 0.717) is 5.69 Å². The van der Waals surface area contributed by atoms with Crippen molar-refractivity contribution in [1.82, 2.24) is 0 Å². The average molecular weight is 227 g/mol. The van der Waals surface area contributed by atoms with Gasteiger partial charge in [0, 0.05) is 5.56 Å². The summed E-state index contributed by atoms with van der Waals surface area (Å²) in [6.07, 6.45) is -0.0611. The molecule has 0 bridgehead atoms. The molecule has 0 spiro atoms. The highest BCUT2D eigenvalue weighted by molar-refractivity contribution is 6.10. The number of nitrogens with one attached hydrogen (secondary N) is 1. The van der Waals surface area contributed by atoms with Gasteiger partial charge in [-0.2, -0.15) is 20.9 Å². The number of hydrogen-bond acceptors (Lipinski definition) is 5. The minimum atomic E-state index is -0.484. The van der Waals surface area contributed by atoms with Crippen molar-refractivity contribution in [3.8, 4) is 18.2 Å². The number of hydrazone groups is 1. The Morgan fingerprint density at radius 1 is 1.29 bits per heavy atom. The van der Waals surface area contributed by atoms with Gasteiger partial charge in [-0.05, 0) is 18.2 Å². The standard InChI is InChI=1S/C11H6FN5/c12-11-2-1-9(5-8(11)3-4-13)16-17-10(6-14)7-15/h1-2,5,16H,3H2. The number of anilines is 1. The molecule has 82 valence electrons. The van der Waals surface area contributed by atoms with Crippen molar-refractivity contribution in [1.29, 1.82) is 15.8 Å². The van der Waals surface area contributed by atoms with Gasteiger partial charge in [-0.3, -0.25) is 5.43 Å². The SMILES string of the molecule is N#CCc1cc(NN=C(C#N)C#N)ccc1F. The molecule has 0 aliphatic rings. The molecule has 0 atom stereocenters. The van der Waals surface area contributed by atoms with Gasteiger partial charge in [0.1, 0.15) is 18.0 Å². The van der Waals surface area contributed by atoms with Crippen LogP contribution in [0.25, 0.3) is 0 Å². The second-order valence-corrected chi connectivity index (χ2v) is 2.94. The zero-order chi connectivity index (χ0) is 12.7. The summed E-state index contributed by atoms with van der Waals surface area (Å²) in [4.78, 5) is 0. The van der Waals surface area contributed by atoms with Crippen LogP contribution in [0.15, 0.2) is 23.3 Å². The first-order chi connectivity index (χ1) is 8.21. The number of halogens is 1. The number of rotatable bonds is 3. The number of nitriles is 3. The summed E-state index contributed by atoms with van der Waals surface area (Å²) in [6, 6.07) is 8.95. The van der Waals surface area contributed by atoms with Crippen LogP contribution in [0, 0.1) is 39.8 Å². The molecule has 0 unspecified atom stereocenters. The monoisotopic (exact) mass is 227 g/mol. The van der Waals surface area contributed by atoms with E-state index in [4.69, 9.17) is 15.8 Å². The van der Waals surface area contributed by atoms with Crippen LogP contribution in [-0.2, 0) is 6.42 Å². The molecule has 1 aromatic rings. The zero-order valence-corrected chi connectivity index (χ0v) is 8.61. The lowest BCUT2D eigenvalue weighted by atomic mass is 10.1. The van der Waals surface area contributed by atoms with Crippen molar-refractivity contribution in [3.63, 3.8) is 0 Å². The molecule has 0 aliphatic heterocycles. The van der Waals surface area contributed by atoms with E-state index in [1.165, 1.54) is 18.2 Å². The predicted molar refractivity (Wildman–Crippen MR) is 58.0 cm³/mol. The molecule has 0 fully saturated rings. The quantitative estimate of drug-likeness (QED) is 0.627. The summed E-state index contributed by atoms with van der Waals surface area (Å²) in [7, 11) is 0. The molecule has 0 radical (unpaired) electrons. The van der Waals surface area contributed by atoms with E-state index in [1.54, 1.807) is 12.1 Å². The molecule has 1 rings (SSSR count). The second kappa shape index (κ2) is 5.85. The highest BCUT2D eigenvalue weighted by atomic mass is 19.1. The van der Waals surface area contributed by atoms with Crippen molar-refractivity contribution in [2.45, 2.75) is 6.42 Å². The maximum absolute atomic E-state index is 13.2. The lowest BCUT2D eigenvalue weighted by Crippen LogP contribution is -1.98. The summed E-state index contributed by atoms with van der Waals surface area (Å²) in [5, 5.41) is 28.9. The van der Waals surface area contributed by atoms with Crippen molar-refractivity contribution in [2.24, 2.45) is 5.10 Å². The fraction of sp³-hybridized carbons (Fsp3) is 0.0909. The van der Waals surface area contributed by atoms with Gasteiger partial charge >= 0.3 is 0 Å². The van der Waals surface area contributed by atoms with E-state index >= 15 is 0 Å². The van der Waals surface area contributed by atoms with Crippen LogP contribution in [0.4, 0.5) is 10.1 Å². The number of nitrogens with zero attached hydrogens (tertiary/aromatic N) is 4. The van der Waals surface area contributed by atoms with Crippen molar-refractivity contribution in [2.75, 3.05) is 5.43 Å². The Hall–Kier alpha value is -2.91. The van der Waals surface area contributed by atoms with Gasteiger partial charge in [0.2, 0.25) is 5.71 Å². The summed E-state index contributed by atoms with van der Waals surface area (Å²) in [6.45, 7) is 0. The minimum absolute atomic E-state index is 0.0611. The highest BCUT2D eigenvalue weighted by Crippen LogP contribution is 2.15. The zero-order valence-electron chi connectivity index (χ0n) is 8.61. The van der Waals surface area contributed by atoms with E-state index in [-0.39, 0.29) is 17.7 Å². The lowest BCUT2D eigenvalue weighted by Gasteiger charge is -2.03. The minimum Gasteiger partial charge on any atom is -0.276 e. The summed E-state index contributed by atoms with van der Waals surface area (Å²) in [5.74, 6) is -0.484. The van der Waals surface area contributed by atoms with Crippen LogP contribution in [0.5, 0.6) is 0 Å². The number of hydrogen-bond donors (Lipinski definition) is 1. The Labute approximate surface area is 97.0 Å². The Bertz CT molecular complexity index is 555. The van der Waals surface area contributed by atoms with E-state index in [2.05, 4.69) is 10.5 Å². The third kappa shape index (κ3) is 3.30.